The van der Waals surface area contributed by atoms with Crippen LogP contribution >= 0.6 is 11.3 Å². The fourth-order valence-corrected chi connectivity index (χ4v) is 3.17. The van der Waals surface area contributed by atoms with E-state index >= 15 is 0 Å². The highest BCUT2D eigenvalue weighted by molar-refractivity contribution is 7.09. The SMILES string of the molecule is CC(CN=C(N)N1CCN(c2ncccn2)CC1)c1nccs1. The Hall–Kier alpha value is -2.22. The van der Waals surface area contributed by atoms with Gasteiger partial charge in [-0.1, -0.05) is 6.92 Å². The molecular weight excluding hydrogens is 310 g/mol. The zero-order chi connectivity index (χ0) is 16.1. The van der Waals surface area contributed by atoms with Gasteiger partial charge in [-0.15, -0.1) is 11.3 Å². The fraction of sp³-hybridized carbons (Fsp3) is 0.467. The first-order chi connectivity index (χ1) is 11.2. The molecule has 2 aromatic rings. The highest BCUT2D eigenvalue weighted by atomic mass is 32.1. The molecule has 0 saturated carbocycles. The molecule has 0 radical (unpaired) electrons. The van der Waals surface area contributed by atoms with Gasteiger partial charge in [0.05, 0.1) is 11.6 Å². The number of hydrogen-bond donors (Lipinski definition) is 1. The number of hydrogen-bond acceptors (Lipinski definition) is 6. The van der Waals surface area contributed by atoms with Crippen LogP contribution < -0.4 is 10.6 Å². The number of nitrogens with zero attached hydrogens (tertiary/aromatic N) is 6. The molecule has 0 spiro atoms. The van der Waals surface area contributed by atoms with Crippen LogP contribution in [0.2, 0.25) is 0 Å². The first kappa shape index (κ1) is 15.7. The van der Waals surface area contributed by atoms with Crippen molar-refractivity contribution >= 4 is 23.2 Å². The third-order valence-corrected chi connectivity index (χ3v) is 4.85. The van der Waals surface area contributed by atoms with Crippen LogP contribution in [0.5, 0.6) is 0 Å². The zero-order valence-corrected chi connectivity index (χ0v) is 14.0. The zero-order valence-electron chi connectivity index (χ0n) is 13.2. The Morgan fingerprint density at radius 3 is 2.61 bits per heavy atom. The lowest BCUT2D eigenvalue weighted by atomic mass is 10.2. The quantitative estimate of drug-likeness (QED) is 0.669. The van der Waals surface area contributed by atoms with Gasteiger partial charge in [-0.2, -0.15) is 0 Å². The number of guanidine groups is 1. The highest BCUT2D eigenvalue weighted by Crippen LogP contribution is 2.17. The fourth-order valence-electron chi connectivity index (χ4n) is 2.48. The number of nitrogens with two attached hydrogens (primary N) is 1. The van der Waals surface area contributed by atoms with Gasteiger partial charge in [0.25, 0.3) is 0 Å². The van der Waals surface area contributed by atoms with Crippen LogP contribution in [-0.4, -0.2) is 58.5 Å². The molecule has 0 amide bonds. The van der Waals surface area contributed by atoms with Crippen molar-refractivity contribution in [1.29, 1.82) is 0 Å². The third-order valence-electron chi connectivity index (χ3n) is 3.84. The van der Waals surface area contributed by atoms with Crippen molar-refractivity contribution in [2.75, 3.05) is 37.6 Å². The molecule has 8 heteroatoms. The minimum Gasteiger partial charge on any atom is -0.370 e. The van der Waals surface area contributed by atoms with Crippen LogP contribution in [0.25, 0.3) is 0 Å². The topological polar surface area (TPSA) is 83.5 Å². The Morgan fingerprint density at radius 2 is 1.96 bits per heavy atom. The van der Waals surface area contributed by atoms with Crippen molar-refractivity contribution in [1.82, 2.24) is 19.9 Å². The number of piperazine rings is 1. The van der Waals surface area contributed by atoms with Crippen molar-refractivity contribution in [2.45, 2.75) is 12.8 Å². The van der Waals surface area contributed by atoms with E-state index < -0.39 is 0 Å². The molecule has 0 aromatic carbocycles. The van der Waals surface area contributed by atoms with E-state index in [1.165, 1.54) is 0 Å². The molecule has 1 fully saturated rings. The Labute approximate surface area is 139 Å². The van der Waals surface area contributed by atoms with E-state index in [0.29, 0.717) is 18.4 Å². The number of rotatable bonds is 4. The number of thiazole rings is 1. The molecule has 0 aliphatic carbocycles. The van der Waals surface area contributed by atoms with Crippen molar-refractivity contribution in [3.05, 3.63) is 35.0 Å². The van der Waals surface area contributed by atoms with Crippen molar-refractivity contribution in [3.8, 4) is 0 Å². The number of aliphatic imine (C=N–C) groups is 1. The molecule has 1 saturated heterocycles. The Morgan fingerprint density at radius 1 is 1.22 bits per heavy atom. The first-order valence-corrected chi connectivity index (χ1v) is 8.58. The van der Waals surface area contributed by atoms with Crippen LogP contribution in [0.3, 0.4) is 0 Å². The van der Waals surface area contributed by atoms with Crippen LogP contribution in [0.4, 0.5) is 5.95 Å². The van der Waals surface area contributed by atoms with Gasteiger partial charge in [0.1, 0.15) is 0 Å². The summed E-state index contributed by atoms with van der Waals surface area (Å²) < 4.78 is 0. The van der Waals surface area contributed by atoms with Crippen LogP contribution in [-0.2, 0) is 0 Å². The van der Waals surface area contributed by atoms with E-state index in [2.05, 4.69) is 36.7 Å². The molecule has 7 nitrogen and oxygen atoms in total. The summed E-state index contributed by atoms with van der Waals surface area (Å²) in [6.07, 6.45) is 5.36. The van der Waals surface area contributed by atoms with Crippen LogP contribution in [0.15, 0.2) is 35.0 Å². The highest BCUT2D eigenvalue weighted by Gasteiger charge is 2.20. The summed E-state index contributed by atoms with van der Waals surface area (Å²) in [7, 11) is 0. The second-order valence-corrected chi connectivity index (χ2v) is 6.42. The summed E-state index contributed by atoms with van der Waals surface area (Å²) in [4.78, 5) is 21.7. The van der Waals surface area contributed by atoms with Crippen molar-refractivity contribution in [2.24, 2.45) is 10.7 Å². The van der Waals surface area contributed by atoms with E-state index in [0.717, 1.165) is 37.1 Å². The molecule has 2 aromatic heterocycles. The van der Waals surface area contributed by atoms with Gasteiger partial charge in [0.15, 0.2) is 5.96 Å². The maximum atomic E-state index is 6.14. The standard InChI is InChI=1S/C15H21N7S/c1-12(13-17-5-10-23-13)11-20-14(16)21-6-8-22(9-7-21)15-18-3-2-4-19-15/h2-5,10,12H,6-9,11H2,1H3,(H2,16,20). The largest absolute Gasteiger partial charge is 0.370 e. The number of aromatic nitrogens is 3. The van der Waals surface area contributed by atoms with Crippen LogP contribution in [0, 0.1) is 0 Å². The van der Waals surface area contributed by atoms with Gasteiger partial charge in [-0.3, -0.25) is 4.99 Å². The van der Waals surface area contributed by atoms with Gasteiger partial charge in [0.2, 0.25) is 5.95 Å². The molecular formula is C15H21N7S. The van der Waals surface area contributed by atoms with Gasteiger partial charge in [-0.25, -0.2) is 15.0 Å². The molecule has 1 atom stereocenters. The molecule has 3 heterocycles. The minimum atomic E-state index is 0.299. The van der Waals surface area contributed by atoms with E-state index in [1.807, 2.05) is 17.6 Å². The number of anilines is 1. The second-order valence-electron chi connectivity index (χ2n) is 5.49. The second kappa shape index (κ2) is 7.36. The predicted molar refractivity (Wildman–Crippen MR) is 92.8 cm³/mol. The van der Waals surface area contributed by atoms with Gasteiger partial charge in [-0.05, 0) is 6.07 Å². The molecule has 1 aliphatic heterocycles. The van der Waals surface area contributed by atoms with Gasteiger partial charge in [0, 0.05) is 56.1 Å². The lowest BCUT2D eigenvalue weighted by molar-refractivity contribution is 0.378. The minimum absolute atomic E-state index is 0.299. The molecule has 3 rings (SSSR count). The smallest absolute Gasteiger partial charge is 0.225 e. The maximum absolute atomic E-state index is 6.14. The van der Waals surface area contributed by atoms with Gasteiger partial charge < -0.3 is 15.5 Å². The van der Waals surface area contributed by atoms with E-state index in [1.54, 1.807) is 23.7 Å². The molecule has 1 aliphatic rings. The predicted octanol–water partition coefficient (Wildman–Crippen LogP) is 1.17. The summed E-state index contributed by atoms with van der Waals surface area (Å²) in [5.74, 6) is 1.69. The Kier molecular flexibility index (Phi) is 5.02. The normalized spacial score (nSPS) is 17.3. The molecule has 1 unspecified atom stereocenters. The average Bonchev–Trinajstić information content (AvgIpc) is 3.15. The summed E-state index contributed by atoms with van der Waals surface area (Å²) in [6, 6.07) is 1.83. The van der Waals surface area contributed by atoms with Crippen molar-refractivity contribution < 1.29 is 0 Å². The Balaban J connectivity index is 1.51. The van der Waals surface area contributed by atoms with E-state index in [-0.39, 0.29) is 0 Å². The molecule has 23 heavy (non-hydrogen) atoms. The summed E-state index contributed by atoms with van der Waals surface area (Å²) in [6.45, 7) is 6.16. The maximum Gasteiger partial charge on any atom is 0.225 e. The molecule has 2 N–H and O–H groups in total. The monoisotopic (exact) mass is 331 g/mol. The van der Waals surface area contributed by atoms with Crippen LogP contribution in [0.1, 0.15) is 17.8 Å². The average molecular weight is 331 g/mol. The molecule has 0 bridgehead atoms. The summed E-state index contributed by atoms with van der Waals surface area (Å²) in [5, 5.41) is 3.09. The summed E-state index contributed by atoms with van der Waals surface area (Å²) >= 11 is 1.66. The Bertz CT molecular complexity index is 621. The van der Waals surface area contributed by atoms with E-state index in [9.17, 15) is 0 Å². The third kappa shape index (κ3) is 3.95. The van der Waals surface area contributed by atoms with E-state index in [4.69, 9.17) is 5.73 Å². The van der Waals surface area contributed by atoms with Crippen molar-refractivity contribution in [3.63, 3.8) is 0 Å². The first-order valence-electron chi connectivity index (χ1n) is 7.70. The molecule has 122 valence electrons. The van der Waals surface area contributed by atoms with Gasteiger partial charge >= 0.3 is 0 Å². The summed E-state index contributed by atoms with van der Waals surface area (Å²) in [5.41, 5.74) is 6.14. The lowest BCUT2D eigenvalue weighted by Crippen LogP contribution is -2.51. The lowest BCUT2D eigenvalue weighted by Gasteiger charge is -2.35.